The summed E-state index contributed by atoms with van der Waals surface area (Å²) in [5, 5.41) is 1.64. The van der Waals surface area contributed by atoms with Gasteiger partial charge in [0.15, 0.2) is 0 Å². The smallest absolute Gasteiger partial charge is 0.0860 e. The molecule has 15 heavy (non-hydrogen) atoms. The number of nitrogens with zero attached hydrogens (tertiary/aromatic N) is 1. The number of aromatic nitrogens is 1. The molecule has 0 atom stereocenters. The van der Waals surface area contributed by atoms with E-state index >= 15 is 0 Å². The molecule has 2 rings (SSSR count). The highest BCUT2D eigenvalue weighted by molar-refractivity contribution is 14.1. The Morgan fingerprint density at radius 2 is 2.00 bits per heavy atom. The van der Waals surface area contributed by atoms with Crippen LogP contribution in [0.25, 0.3) is 10.9 Å². The van der Waals surface area contributed by atoms with Gasteiger partial charge in [-0.1, -0.05) is 11.6 Å². The number of hydrogen-bond donors (Lipinski definition) is 1. The maximum Gasteiger partial charge on any atom is 0.0860 e. The fourth-order valence-electron chi connectivity index (χ4n) is 1.53. The number of hydrogen-bond acceptors (Lipinski definition) is 2. The van der Waals surface area contributed by atoms with Gasteiger partial charge in [-0.2, -0.15) is 0 Å². The minimum absolute atomic E-state index is 0.698. The molecule has 0 unspecified atom stereocenters. The van der Waals surface area contributed by atoms with Crippen LogP contribution in [-0.4, -0.2) is 4.98 Å². The van der Waals surface area contributed by atoms with Gasteiger partial charge < -0.3 is 5.73 Å². The van der Waals surface area contributed by atoms with Crippen LogP contribution in [0.1, 0.15) is 11.3 Å². The molecule has 0 saturated heterocycles. The number of benzene rings is 1. The lowest BCUT2D eigenvalue weighted by atomic mass is 10.1. The van der Waals surface area contributed by atoms with E-state index in [1.54, 1.807) is 0 Å². The van der Waals surface area contributed by atoms with Crippen LogP contribution in [0.15, 0.2) is 12.1 Å². The van der Waals surface area contributed by atoms with Crippen LogP contribution in [0.2, 0.25) is 5.02 Å². The summed E-state index contributed by atoms with van der Waals surface area (Å²) in [6.07, 6.45) is 0. The van der Waals surface area contributed by atoms with E-state index in [0.717, 1.165) is 31.4 Å². The Morgan fingerprint density at radius 1 is 1.33 bits per heavy atom. The zero-order valence-electron chi connectivity index (χ0n) is 8.44. The van der Waals surface area contributed by atoms with Gasteiger partial charge in [0, 0.05) is 25.4 Å². The van der Waals surface area contributed by atoms with Gasteiger partial charge >= 0.3 is 0 Å². The minimum Gasteiger partial charge on any atom is -0.398 e. The van der Waals surface area contributed by atoms with Crippen LogP contribution in [0.5, 0.6) is 0 Å². The average Bonchev–Trinajstić information content (AvgIpc) is 2.17. The molecule has 0 amide bonds. The molecule has 0 aliphatic rings. The SMILES string of the molecule is Cc1nc2c(I)cc(Cl)cc2c(N)c1C. The summed E-state index contributed by atoms with van der Waals surface area (Å²) in [6, 6.07) is 3.76. The molecule has 1 heterocycles. The van der Waals surface area contributed by atoms with Crippen molar-refractivity contribution < 1.29 is 0 Å². The van der Waals surface area contributed by atoms with E-state index < -0.39 is 0 Å². The van der Waals surface area contributed by atoms with Crippen molar-refractivity contribution in [3.8, 4) is 0 Å². The summed E-state index contributed by atoms with van der Waals surface area (Å²) in [6.45, 7) is 3.95. The van der Waals surface area contributed by atoms with Gasteiger partial charge in [-0.3, -0.25) is 4.98 Å². The Hall–Kier alpha value is -0.550. The summed E-state index contributed by atoms with van der Waals surface area (Å²) in [4.78, 5) is 4.53. The zero-order chi connectivity index (χ0) is 11.2. The molecule has 0 bridgehead atoms. The van der Waals surface area contributed by atoms with E-state index in [-0.39, 0.29) is 0 Å². The van der Waals surface area contributed by atoms with Gasteiger partial charge in [0.25, 0.3) is 0 Å². The van der Waals surface area contributed by atoms with E-state index in [1.165, 1.54) is 0 Å². The molecular weight excluding hydrogens is 322 g/mol. The van der Waals surface area contributed by atoms with Gasteiger partial charge in [0.05, 0.1) is 5.52 Å². The van der Waals surface area contributed by atoms with Crippen molar-refractivity contribution in [3.63, 3.8) is 0 Å². The third-order valence-electron chi connectivity index (χ3n) is 2.54. The number of anilines is 1. The lowest BCUT2D eigenvalue weighted by Gasteiger charge is -2.09. The Bertz CT molecular complexity index is 552. The molecule has 0 fully saturated rings. The zero-order valence-corrected chi connectivity index (χ0v) is 11.3. The predicted octanol–water partition coefficient (Wildman–Crippen LogP) is 3.69. The Morgan fingerprint density at radius 3 is 2.67 bits per heavy atom. The molecule has 78 valence electrons. The number of nitrogen functional groups attached to an aromatic ring is 1. The first-order valence-electron chi connectivity index (χ1n) is 4.52. The topological polar surface area (TPSA) is 38.9 Å². The molecule has 2 N–H and O–H groups in total. The summed E-state index contributed by atoms with van der Waals surface area (Å²) in [5.41, 5.74) is 9.76. The molecule has 2 aromatic rings. The van der Waals surface area contributed by atoms with Crippen molar-refractivity contribution >= 4 is 50.8 Å². The molecule has 1 aromatic heterocycles. The molecule has 0 aliphatic heterocycles. The number of pyridine rings is 1. The second kappa shape index (κ2) is 3.79. The Labute approximate surface area is 107 Å². The molecular formula is C11H10ClIN2. The van der Waals surface area contributed by atoms with E-state index in [2.05, 4.69) is 27.6 Å². The maximum absolute atomic E-state index is 6.05. The van der Waals surface area contributed by atoms with Crippen molar-refractivity contribution in [1.82, 2.24) is 4.98 Å². The molecule has 0 aliphatic carbocycles. The maximum atomic E-state index is 6.05. The number of aryl methyl sites for hydroxylation is 1. The van der Waals surface area contributed by atoms with Crippen LogP contribution >= 0.6 is 34.2 Å². The normalized spacial score (nSPS) is 10.9. The lowest BCUT2D eigenvalue weighted by Crippen LogP contribution is -1.98. The summed E-state index contributed by atoms with van der Waals surface area (Å²) >= 11 is 8.23. The molecule has 0 saturated carbocycles. The first-order valence-corrected chi connectivity index (χ1v) is 5.98. The fourth-order valence-corrected chi connectivity index (χ4v) is 2.68. The molecule has 4 heteroatoms. The van der Waals surface area contributed by atoms with Gasteiger partial charge in [0.2, 0.25) is 0 Å². The largest absolute Gasteiger partial charge is 0.398 e. The molecule has 1 aromatic carbocycles. The molecule has 0 spiro atoms. The van der Waals surface area contributed by atoms with E-state index in [9.17, 15) is 0 Å². The minimum atomic E-state index is 0.698. The van der Waals surface area contributed by atoms with Gasteiger partial charge in [-0.05, 0) is 54.1 Å². The van der Waals surface area contributed by atoms with Crippen LogP contribution in [0.4, 0.5) is 5.69 Å². The van der Waals surface area contributed by atoms with Gasteiger partial charge in [-0.15, -0.1) is 0 Å². The summed E-state index contributed by atoms with van der Waals surface area (Å²) in [5.74, 6) is 0. The Kier molecular flexibility index (Phi) is 2.77. The predicted molar refractivity (Wildman–Crippen MR) is 73.4 cm³/mol. The van der Waals surface area contributed by atoms with Gasteiger partial charge in [-0.25, -0.2) is 0 Å². The quantitative estimate of drug-likeness (QED) is 0.747. The van der Waals surface area contributed by atoms with Crippen LogP contribution in [0, 0.1) is 17.4 Å². The third kappa shape index (κ3) is 1.78. The highest BCUT2D eigenvalue weighted by atomic mass is 127. The van der Waals surface area contributed by atoms with E-state index in [0.29, 0.717) is 5.02 Å². The molecule has 2 nitrogen and oxygen atoms in total. The summed E-state index contributed by atoms with van der Waals surface area (Å²) < 4.78 is 1.03. The third-order valence-corrected chi connectivity index (χ3v) is 3.59. The highest BCUT2D eigenvalue weighted by Crippen LogP contribution is 2.30. The van der Waals surface area contributed by atoms with E-state index in [1.807, 2.05) is 26.0 Å². The Balaban J connectivity index is 2.98. The first kappa shape index (κ1) is 11.0. The van der Waals surface area contributed by atoms with Crippen LogP contribution < -0.4 is 5.73 Å². The van der Waals surface area contributed by atoms with Crippen molar-refractivity contribution in [2.45, 2.75) is 13.8 Å². The summed E-state index contributed by atoms with van der Waals surface area (Å²) in [7, 11) is 0. The van der Waals surface area contributed by atoms with Crippen molar-refractivity contribution in [2.24, 2.45) is 0 Å². The monoisotopic (exact) mass is 332 g/mol. The van der Waals surface area contributed by atoms with Crippen LogP contribution in [-0.2, 0) is 0 Å². The fraction of sp³-hybridized carbons (Fsp3) is 0.182. The first-order chi connectivity index (χ1) is 7.00. The lowest BCUT2D eigenvalue weighted by molar-refractivity contribution is 1.20. The molecule has 0 radical (unpaired) electrons. The second-order valence-corrected chi connectivity index (χ2v) is 5.12. The van der Waals surface area contributed by atoms with Gasteiger partial charge in [0.1, 0.15) is 0 Å². The number of nitrogens with two attached hydrogens (primary N) is 1. The highest BCUT2D eigenvalue weighted by Gasteiger charge is 2.09. The number of fused-ring (bicyclic) bond motifs is 1. The van der Waals surface area contributed by atoms with Crippen molar-refractivity contribution in [1.29, 1.82) is 0 Å². The number of rotatable bonds is 0. The van der Waals surface area contributed by atoms with Crippen molar-refractivity contribution in [3.05, 3.63) is 32.0 Å². The van der Waals surface area contributed by atoms with Crippen molar-refractivity contribution in [2.75, 3.05) is 5.73 Å². The number of halogens is 2. The standard InChI is InChI=1S/C11H10ClIN2/c1-5-6(2)15-11-8(10(5)14)3-7(12)4-9(11)13/h3-4H,1-2H3,(H2,14,15). The average molecular weight is 333 g/mol. The van der Waals surface area contributed by atoms with E-state index in [4.69, 9.17) is 17.3 Å². The second-order valence-electron chi connectivity index (χ2n) is 3.52. The van der Waals surface area contributed by atoms with Crippen LogP contribution in [0.3, 0.4) is 0 Å².